The average Bonchev–Trinajstić information content (AvgIpc) is 2.65. The van der Waals surface area contributed by atoms with Crippen LogP contribution in [0.3, 0.4) is 0 Å². The van der Waals surface area contributed by atoms with Crippen LogP contribution in [-0.2, 0) is 0 Å². The van der Waals surface area contributed by atoms with E-state index in [9.17, 15) is 0 Å². The molecule has 1 rings (SSSR count). The summed E-state index contributed by atoms with van der Waals surface area (Å²) in [7, 11) is 0. The standard InChI is InChI=1S/C13H28N2/c1-5-12-6-7-15(9-12)13(4,10-14)8-11(2)3/h11-12H,5-10,14H2,1-4H3. The minimum atomic E-state index is 0.234. The molecule has 15 heavy (non-hydrogen) atoms. The molecule has 2 heteroatoms. The van der Waals surface area contributed by atoms with Gasteiger partial charge in [-0.25, -0.2) is 0 Å². The Balaban J connectivity index is 2.58. The highest BCUT2D eigenvalue weighted by molar-refractivity contribution is 4.92. The van der Waals surface area contributed by atoms with E-state index in [4.69, 9.17) is 5.73 Å². The molecule has 1 heterocycles. The zero-order valence-electron chi connectivity index (χ0n) is 10.9. The van der Waals surface area contributed by atoms with Gasteiger partial charge >= 0.3 is 0 Å². The molecule has 0 aliphatic carbocycles. The van der Waals surface area contributed by atoms with Gasteiger partial charge in [-0.1, -0.05) is 27.2 Å². The third-order valence-electron chi connectivity index (χ3n) is 3.91. The third kappa shape index (κ3) is 3.18. The maximum absolute atomic E-state index is 5.98. The van der Waals surface area contributed by atoms with Gasteiger partial charge in [0.2, 0.25) is 0 Å². The van der Waals surface area contributed by atoms with Crippen LogP contribution in [0.2, 0.25) is 0 Å². The van der Waals surface area contributed by atoms with Crippen LogP contribution in [0.25, 0.3) is 0 Å². The van der Waals surface area contributed by atoms with Crippen LogP contribution in [0.5, 0.6) is 0 Å². The second kappa shape index (κ2) is 5.31. The summed E-state index contributed by atoms with van der Waals surface area (Å²) in [6, 6.07) is 0. The molecule has 0 aromatic carbocycles. The van der Waals surface area contributed by atoms with E-state index in [0.717, 1.165) is 18.4 Å². The summed E-state index contributed by atoms with van der Waals surface area (Å²) in [6.07, 6.45) is 3.91. The first-order chi connectivity index (χ1) is 7.01. The van der Waals surface area contributed by atoms with Gasteiger partial charge in [0.1, 0.15) is 0 Å². The summed E-state index contributed by atoms with van der Waals surface area (Å²) >= 11 is 0. The number of nitrogens with two attached hydrogens (primary N) is 1. The second-order valence-corrected chi connectivity index (χ2v) is 5.81. The Morgan fingerprint density at radius 1 is 1.47 bits per heavy atom. The summed E-state index contributed by atoms with van der Waals surface area (Å²) in [5.74, 6) is 1.64. The zero-order chi connectivity index (χ0) is 11.5. The van der Waals surface area contributed by atoms with E-state index >= 15 is 0 Å². The molecule has 0 aromatic heterocycles. The van der Waals surface area contributed by atoms with Crippen LogP contribution in [0.4, 0.5) is 0 Å². The SMILES string of the molecule is CCC1CCN(C(C)(CN)CC(C)C)C1. The Bertz CT molecular complexity index is 191. The van der Waals surface area contributed by atoms with Gasteiger partial charge in [0, 0.05) is 18.6 Å². The second-order valence-electron chi connectivity index (χ2n) is 5.81. The minimum absolute atomic E-state index is 0.234. The van der Waals surface area contributed by atoms with E-state index in [1.54, 1.807) is 0 Å². The van der Waals surface area contributed by atoms with E-state index < -0.39 is 0 Å². The van der Waals surface area contributed by atoms with Crippen LogP contribution < -0.4 is 5.73 Å². The van der Waals surface area contributed by atoms with Crippen molar-refractivity contribution in [2.45, 2.75) is 52.5 Å². The average molecular weight is 212 g/mol. The first-order valence-corrected chi connectivity index (χ1v) is 6.47. The number of likely N-dealkylation sites (tertiary alicyclic amines) is 1. The molecule has 0 aromatic rings. The van der Waals surface area contributed by atoms with Crippen molar-refractivity contribution in [2.24, 2.45) is 17.6 Å². The van der Waals surface area contributed by atoms with Crippen molar-refractivity contribution >= 4 is 0 Å². The molecule has 0 amide bonds. The first-order valence-electron chi connectivity index (χ1n) is 6.47. The van der Waals surface area contributed by atoms with Crippen LogP contribution in [-0.4, -0.2) is 30.1 Å². The predicted octanol–water partition coefficient (Wildman–Crippen LogP) is 2.48. The van der Waals surface area contributed by atoms with Crippen LogP contribution in [0.1, 0.15) is 47.0 Å². The molecule has 0 spiro atoms. The summed E-state index contributed by atoms with van der Waals surface area (Å²) in [4.78, 5) is 2.63. The molecule has 0 bridgehead atoms. The first kappa shape index (κ1) is 13.0. The molecule has 2 nitrogen and oxygen atoms in total. The van der Waals surface area contributed by atoms with Crippen LogP contribution in [0.15, 0.2) is 0 Å². The smallest absolute Gasteiger partial charge is 0.0306 e. The fourth-order valence-corrected chi connectivity index (χ4v) is 2.88. The summed E-state index contributed by atoms with van der Waals surface area (Å²) in [6.45, 7) is 12.5. The van der Waals surface area contributed by atoms with E-state index in [0.29, 0.717) is 0 Å². The monoisotopic (exact) mass is 212 g/mol. The predicted molar refractivity (Wildman–Crippen MR) is 66.9 cm³/mol. The lowest BCUT2D eigenvalue weighted by atomic mass is 9.89. The Kier molecular flexibility index (Phi) is 4.60. The van der Waals surface area contributed by atoms with Crippen molar-refractivity contribution in [3.05, 3.63) is 0 Å². The van der Waals surface area contributed by atoms with Crippen molar-refractivity contribution < 1.29 is 0 Å². The Hall–Kier alpha value is -0.0800. The third-order valence-corrected chi connectivity index (χ3v) is 3.91. The van der Waals surface area contributed by atoms with Gasteiger partial charge < -0.3 is 5.73 Å². The molecular formula is C13H28N2. The van der Waals surface area contributed by atoms with Gasteiger partial charge in [-0.3, -0.25) is 4.90 Å². The molecule has 1 fully saturated rings. The highest BCUT2D eigenvalue weighted by Gasteiger charge is 2.35. The highest BCUT2D eigenvalue weighted by Crippen LogP contribution is 2.30. The summed E-state index contributed by atoms with van der Waals surface area (Å²) in [5, 5.41) is 0. The zero-order valence-corrected chi connectivity index (χ0v) is 10.9. The van der Waals surface area contributed by atoms with Gasteiger partial charge in [0.05, 0.1) is 0 Å². The molecule has 2 N–H and O–H groups in total. The van der Waals surface area contributed by atoms with E-state index in [2.05, 4.69) is 32.6 Å². The maximum atomic E-state index is 5.98. The quantitative estimate of drug-likeness (QED) is 0.758. The fourth-order valence-electron chi connectivity index (χ4n) is 2.88. The Labute approximate surface area is 95.2 Å². The molecule has 90 valence electrons. The van der Waals surface area contributed by atoms with Crippen molar-refractivity contribution in [2.75, 3.05) is 19.6 Å². The Morgan fingerprint density at radius 3 is 2.53 bits per heavy atom. The number of hydrogen-bond donors (Lipinski definition) is 1. The highest BCUT2D eigenvalue weighted by atomic mass is 15.2. The van der Waals surface area contributed by atoms with Gasteiger partial charge in [-0.05, 0) is 38.1 Å². The topological polar surface area (TPSA) is 29.3 Å². The lowest BCUT2D eigenvalue weighted by molar-refractivity contribution is 0.112. The summed E-state index contributed by atoms with van der Waals surface area (Å²) in [5.41, 5.74) is 6.21. The normalized spacial score (nSPS) is 27.2. The lowest BCUT2D eigenvalue weighted by Crippen LogP contribution is -2.51. The molecule has 1 aliphatic rings. The molecular weight excluding hydrogens is 184 g/mol. The molecule has 2 unspecified atom stereocenters. The molecule has 2 atom stereocenters. The largest absolute Gasteiger partial charge is 0.329 e. The number of hydrogen-bond acceptors (Lipinski definition) is 2. The van der Waals surface area contributed by atoms with Crippen molar-refractivity contribution in [3.63, 3.8) is 0 Å². The minimum Gasteiger partial charge on any atom is -0.329 e. The van der Waals surface area contributed by atoms with E-state index in [1.165, 1.54) is 32.4 Å². The number of rotatable bonds is 5. The fraction of sp³-hybridized carbons (Fsp3) is 1.00. The van der Waals surface area contributed by atoms with E-state index in [1.807, 2.05) is 0 Å². The lowest BCUT2D eigenvalue weighted by Gasteiger charge is -2.39. The molecule has 1 aliphatic heterocycles. The summed E-state index contributed by atoms with van der Waals surface area (Å²) < 4.78 is 0. The van der Waals surface area contributed by atoms with Gasteiger partial charge in [-0.15, -0.1) is 0 Å². The van der Waals surface area contributed by atoms with Gasteiger partial charge in [-0.2, -0.15) is 0 Å². The molecule has 0 radical (unpaired) electrons. The van der Waals surface area contributed by atoms with Gasteiger partial charge in [0.25, 0.3) is 0 Å². The Morgan fingerprint density at radius 2 is 2.13 bits per heavy atom. The molecule has 1 saturated heterocycles. The van der Waals surface area contributed by atoms with Crippen molar-refractivity contribution in [3.8, 4) is 0 Å². The maximum Gasteiger partial charge on any atom is 0.0306 e. The van der Waals surface area contributed by atoms with Gasteiger partial charge in [0.15, 0.2) is 0 Å². The van der Waals surface area contributed by atoms with E-state index in [-0.39, 0.29) is 5.54 Å². The number of nitrogens with zero attached hydrogens (tertiary/aromatic N) is 1. The van der Waals surface area contributed by atoms with Crippen LogP contribution >= 0.6 is 0 Å². The van der Waals surface area contributed by atoms with Crippen molar-refractivity contribution in [1.29, 1.82) is 0 Å². The van der Waals surface area contributed by atoms with Crippen molar-refractivity contribution in [1.82, 2.24) is 4.90 Å². The molecule has 0 saturated carbocycles. The van der Waals surface area contributed by atoms with Crippen LogP contribution in [0, 0.1) is 11.8 Å².